The lowest BCUT2D eigenvalue weighted by atomic mass is 9.68. The van der Waals surface area contributed by atoms with Crippen molar-refractivity contribution in [3.8, 4) is 0 Å². The lowest BCUT2D eigenvalue weighted by Gasteiger charge is -2.36. The molecular formula is C58H64. The first-order valence-electron chi connectivity index (χ1n) is 22.1. The van der Waals surface area contributed by atoms with Crippen LogP contribution in [0.2, 0.25) is 0 Å². The van der Waals surface area contributed by atoms with Gasteiger partial charge in [-0.1, -0.05) is 188 Å². The Morgan fingerprint density at radius 2 is 1.16 bits per heavy atom. The van der Waals surface area contributed by atoms with Crippen LogP contribution in [-0.2, 0) is 5.41 Å². The molecule has 4 atom stereocenters. The smallest absolute Gasteiger partial charge is 0.0205 e. The summed E-state index contributed by atoms with van der Waals surface area (Å²) >= 11 is 0. The van der Waals surface area contributed by atoms with E-state index in [-0.39, 0.29) is 16.2 Å². The molecule has 0 amide bonds. The molecule has 0 nitrogen and oxygen atoms in total. The molecule has 3 aromatic rings. The van der Waals surface area contributed by atoms with Crippen LogP contribution in [0.25, 0.3) is 45.2 Å². The van der Waals surface area contributed by atoms with Crippen LogP contribution in [0.1, 0.15) is 152 Å². The van der Waals surface area contributed by atoms with Crippen LogP contribution in [0.15, 0.2) is 114 Å². The van der Waals surface area contributed by atoms with Crippen molar-refractivity contribution in [3.63, 3.8) is 0 Å². The predicted molar refractivity (Wildman–Crippen MR) is 255 cm³/mol. The van der Waals surface area contributed by atoms with E-state index in [1.54, 1.807) is 0 Å². The zero-order valence-corrected chi connectivity index (χ0v) is 37.5. The number of benzene rings is 3. The summed E-state index contributed by atoms with van der Waals surface area (Å²) in [6.45, 7) is 35.3. The Hall–Kier alpha value is -4.68. The number of fused-ring (bicyclic) bond motifs is 7. The molecule has 0 heteroatoms. The van der Waals surface area contributed by atoms with Gasteiger partial charge in [-0.2, -0.15) is 0 Å². The van der Waals surface area contributed by atoms with Crippen LogP contribution in [0, 0.1) is 34.5 Å². The van der Waals surface area contributed by atoms with E-state index in [0.29, 0.717) is 35.5 Å². The summed E-state index contributed by atoms with van der Waals surface area (Å²) in [5, 5.41) is 2.67. The molecule has 0 spiro atoms. The number of hydrogen-bond donors (Lipinski definition) is 0. The second kappa shape index (κ2) is 13.2. The molecule has 4 unspecified atom stereocenters. The maximum absolute atomic E-state index is 4.55. The minimum Gasteiger partial charge on any atom is -0.0984 e. The predicted octanol–water partition coefficient (Wildman–Crippen LogP) is 16.2. The molecule has 6 aliphatic rings. The van der Waals surface area contributed by atoms with E-state index >= 15 is 0 Å². The highest BCUT2D eigenvalue weighted by Gasteiger charge is 2.46. The molecule has 0 fully saturated rings. The van der Waals surface area contributed by atoms with Crippen molar-refractivity contribution in [3.05, 3.63) is 164 Å². The van der Waals surface area contributed by atoms with Gasteiger partial charge in [-0.3, -0.25) is 0 Å². The van der Waals surface area contributed by atoms with Crippen molar-refractivity contribution >= 4 is 45.2 Å². The monoisotopic (exact) mass is 761 g/mol. The van der Waals surface area contributed by atoms with Crippen LogP contribution >= 0.6 is 0 Å². The van der Waals surface area contributed by atoms with E-state index in [4.69, 9.17) is 0 Å². The Labute approximate surface area is 350 Å². The lowest BCUT2D eigenvalue weighted by Crippen LogP contribution is -2.23. The van der Waals surface area contributed by atoms with Gasteiger partial charge in [-0.25, -0.2) is 0 Å². The summed E-state index contributed by atoms with van der Waals surface area (Å²) in [7, 11) is 0. The highest BCUT2D eigenvalue weighted by atomic mass is 14.5. The van der Waals surface area contributed by atoms with Crippen LogP contribution in [0.3, 0.4) is 0 Å². The molecule has 9 rings (SSSR count). The van der Waals surface area contributed by atoms with E-state index in [2.05, 4.69) is 200 Å². The zero-order valence-electron chi connectivity index (χ0n) is 37.5. The summed E-state index contributed by atoms with van der Waals surface area (Å²) in [6.07, 6.45) is 29.5. The van der Waals surface area contributed by atoms with Gasteiger partial charge in [-0.15, -0.1) is 0 Å². The molecule has 0 heterocycles. The van der Waals surface area contributed by atoms with Gasteiger partial charge in [0.1, 0.15) is 0 Å². The molecule has 0 bridgehead atoms. The fraction of sp³-hybridized carbons (Fsp3) is 0.379. The molecular weight excluding hydrogens is 697 g/mol. The van der Waals surface area contributed by atoms with Gasteiger partial charge in [-0.05, 0) is 140 Å². The van der Waals surface area contributed by atoms with E-state index in [1.807, 2.05) is 0 Å². The van der Waals surface area contributed by atoms with E-state index in [1.165, 1.54) is 99.9 Å². The highest BCUT2D eigenvalue weighted by Crippen LogP contribution is 2.61. The molecule has 0 aromatic heterocycles. The fourth-order valence-electron chi connectivity index (χ4n) is 11.1. The van der Waals surface area contributed by atoms with Crippen molar-refractivity contribution in [2.45, 2.75) is 107 Å². The van der Waals surface area contributed by atoms with E-state index < -0.39 is 0 Å². The van der Waals surface area contributed by atoms with Gasteiger partial charge in [0.15, 0.2) is 0 Å². The van der Waals surface area contributed by atoms with Gasteiger partial charge < -0.3 is 0 Å². The zero-order chi connectivity index (χ0) is 41.4. The van der Waals surface area contributed by atoms with Crippen molar-refractivity contribution in [2.75, 3.05) is 0 Å². The maximum Gasteiger partial charge on any atom is 0.0205 e. The summed E-state index contributed by atoms with van der Waals surface area (Å²) in [5.74, 6) is 2.01. The summed E-state index contributed by atoms with van der Waals surface area (Å²) < 4.78 is 0. The Bertz CT molecular complexity index is 2610. The number of hydrogen-bond acceptors (Lipinski definition) is 0. The molecule has 0 saturated carbocycles. The van der Waals surface area contributed by atoms with Crippen molar-refractivity contribution in [1.82, 2.24) is 0 Å². The highest BCUT2D eigenvalue weighted by molar-refractivity contribution is 6.04. The molecule has 296 valence electrons. The normalized spacial score (nSPS) is 23.2. The van der Waals surface area contributed by atoms with Gasteiger partial charge in [0.2, 0.25) is 0 Å². The average Bonchev–Trinajstić information content (AvgIpc) is 3.64. The second-order valence-electron chi connectivity index (χ2n) is 21.8. The maximum atomic E-state index is 4.55. The second-order valence-corrected chi connectivity index (χ2v) is 21.8. The summed E-state index contributed by atoms with van der Waals surface area (Å²) in [5.41, 5.74) is 23.3. The van der Waals surface area contributed by atoms with Crippen LogP contribution in [-0.4, -0.2) is 0 Å². The van der Waals surface area contributed by atoms with Gasteiger partial charge >= 0.3 is 0 Å². The minimum absolute atomic E-state index is 0.0586. The summed E-state index contributed by atoms with van der Waals surface area (Å²) in [4.78, 5) is 0. The Morgan fingerprint density at radius 3 is 1.71 bits per heavy atom. The van der Waals surface area contributed by atoms with Gasteiger partial charge in [0, 0.05) is 23.7 Å². The third-order valence-electron chi connectivity index (χ3n) is 14.1. The SMILES string of the molecule is C=Cc1c(C=CC2=CC=C3c4cc5cc(C(C)(C)C)ccc5cc4C4=CC=CC2C43)c(C(C)C)c2c(c1C(C)C)C1=CC(C(C)(C)C)=CC3C=C(C(C)(C)C)C=C2C13. The largest absolute Gasteiger partial charge is 0.0984 e. The first kappa shape index (κ1) is 38.8. The van der Waals surface area contributed by atoms with Gasteiger partial charge in [0.05, 0.1) is 0 Å². The summed E-state index contributed by atoms with van der Waals surface area (Å²) in [6, 6.07) is 12.0. The Balaban J connectivity index is 1.22. The first-order chi connectivity index (χ1) is 27.3. The third-order valence-corrected chi connectivity index (χ3v) is 14.1. The lowest BCUT2D eigenvalue weighted by molar-refractivity contribution is 0.491. The number of rotatable bonds is 5. The molecule has 0 saturated heterocycles. The molecule has 0 N–H and O–H groups in total. The quantitative estimate of drug-likeness (QED) is 0.243. The van der Waals surface area contributed by atoms with E-state index in [0.717, 1.165) is 0 Å². The molecule has 0 aliphatic heterocycles. The molecule has 58 heavy (non-hydrogen) atoms. The average molecular weight is 761 g/mol. The van der Waals surface area contributed by atoms with Crippen LogP contribution < -0.4 is 0 Å². The molecule has 6 aliphatic carbocycles. The van der Waals surface area contributed by atoms with Crippen LogP contribution in [0.4, 0.5) is 0 Å². The number of allylic oxidation sites excluding steroid dienone is 17. The Kier molecular flexibility index (Phi) is 8.81. The Morgan fingerprint density at radius 1 is 0.586 bits per heavy atom. The van der Waals surface area contributed by atoms with Gasteiger partial charge in [0.25, 0.3) is 0 Å². The molecule has 0 radical (unpaired) electrons. The molecule has 3 aromatic carbocycles. The standard InChI is InChI=1S/C58H64/c1-15-41-44(23-20-34-21-24-45-47-29-36-25-38(56(6,7)8)22-19-35(36)28-46(47)43-18-16-17-42(34)53(43)45)51(33(4)5)55-49-31-40(58(12,13)14)27-37-26-39(57(9,10)11)30-48(52(37)49)54(55)50(41)32(2)3/h15-33,37,42,52-53H,1H2,2-14H3. The van der Waals surface area contributed by atoms with Crippen molar-refractivity contribution in [1.29, 1.82) is 0 Å². The van der Waals surface area contributed by atoms with Crippen LogP contribution in [0.5, 0.6) is 0 Å². The topological polar surface area (TPSA) is 0 Å². The first-order valence-corrected chi connectivity index (χ1v) is 22.1. The van der Waals surface area contributed by atoms with Crippen molar-refractivity contribution in [2.24, 2.45) is 34.5 Å². The minimum atomic E-state index is 0.0586. The van der Waals surface area contributed by atoms with Crippen molar-refractivity contribution < 1.29 is 0 Å². The third kappa shape index (κ3) is 5.91. The van der Waals surface area contributed by atoms with E-state index in [9.17, 15) is 0 Å². The fourth-order valence-corrected chi connectivity index (χ4v) is 11.1.